The highest BCUT2D eigenvalue weighted by Gasteiger charge is 2.48. The van der Waals surface area contributed by atoms with Crippen LogP contribution in [0.25, 0.3) is 22.3 Å². The van der Waals surface area contributed by atoms with Crippen LogP contribution in [0.2, 0.25) is 0 Å². The Balaban J connectivity index is 1.49. The number of rotatable bonds is 5. The van der Waals surface area contributed by atoms with Gasteiger partial charge in [0.05, 0.1) is 36.3 Å². The van der Waals surface area contributed by atoms with Crippen LogP contribution in [0.1, 0.15) is 24.6 Å². The topological polar surface area (TPSA) is 94.7 Å². The van der Waals surface area contributed by atoms with Crippen LogP contribution in [0.15, 0.2) is 36.7 Å². The highest BCUT2D eigenvalue weighted by molar-refractivity contribution is 5.91. The van der Waals surface area contributed by atoms with E-state index in [4.69, 9.17) is 4.98 Å². The van der Waals surface area contributed by atoms with E-state index in [1.54, 1.807) is 23.1 Å². The highest BCUT2D eigenvalue weighted by Crippen LogP contribution is 2.36. The van der Waals surface area contributed by atoms with E-state index in [-0.39, 0.29) is 25.6 Å². The summed E-state index contributed by atoms with van der Waals surface area (Å²) in [5.74, 6) is 0. The van der Waals surface area contributed by atoms with Crippen LogP contribution >= 0.6 is 0 Å². The summed E-state index contributed by atoms with van der Waals surface area (Å²) in [6.07, 6.45) is 0.146. The van der Waals surface area contributed by atoms with Crippen LogP contribution in [0.5, 0.6) is 0 Å². The lowest BCUT2D eigenvalue weighted by molar-refractivity contribution is -0.167. The number of likely N-dealkylation sites (tertiary alicyclic amines) is 1. The third-order valence-electron chi connectivity index (χ3n) is 5.98. The van der Waals surface area contributed by atoms with Gasteiger partial charge in [0.25, 0.3) is 0 Å². The van der Waals surface area contributed by atoms with Gasteiger partial charge in [0, 0.05) is 37.4 Å². The molecule has 0 radical (unpaired) electrons. The molecule has 2 N–H and O–H groups in total. The van der Waals surface area contributed by atoms with Gasteiger partial charge in [-0.3, -0.25) is 20.0 Å². The molecular formula is C21H21F3N8. The summed E-state index contributed by atoms with van der Waals surface area (Å²) in [5.41, 5.74) is 8.44. The number of hydrogen-bond acceptors (Lipinski definition) is 7. The smallest absolute Gasteiger partial charge is 0.290 e. The first-order valence-electron chi connectivity index (χ1n) is 10.3. The number of fused-ring (bicyclic) bond motifs is 1. The van der Waals surface area contributed by atoms with Gasteiger partial charge in [-0.2, -0.15) is 23.5 Å². The summed E-state index contributed by atoms with van der Waals surface area (Å²) < 4.78 is 39.9. The molecule has 2 fully saturated rings. The van der Waals surface area contributed by atoms with E-state index in [1.807, 2.05) is 18.2 Å². The second-order valence-corrected chi connectivity index (χ2v) is 8.34. The Kier molecular flexibility index (Phi) is 5.08. The summed E-state index contributed by atoms with van der Waals surface area (Å²) in [4.78, 5) is 10.6. The van der Waals surface area contributed by atoms with Crippen molar-refractivity contribution in [1.82, 2.24) is 35.5 Å². The van der Waals surface area contributed by atoms with Crippen molar-refractivity contribution in [3.05, 3.63) is 42.4 Å². The zero-order chi connectivity index (χ0) is 22.3. The monoisotopic (exact) mass is 442 g/mol. The molecule has 0 aromatic carbocycles. The Morgan fingerprint density at radius 3 is 2.84 bits per heavy atom. The van der Waals surface area contributed by atoms with Crippen molar-refractivity contribution in [2.24, 2.45) is 0 Å². The molecule has 2 aliphatic rings. The van der Waals surface area contributed by atoms with Crippen molar-refractivity contribution in [3.8, 4) is 17.5 Å². The number of hydrazine groups is 1. The molecule has 2 aliphatic heterocycles. The van der Waals surface area contributed by atoms with Gasteiger partial charge in [-0.25, -0.2) is 10.4 Å². The maximum absolute atomic E-state index is 12.8. The largest absolute Gasteiger partial charge is 0.401 e. The lowest BCUT2D eigenvalue weighted by Crippen LogP contribution is -2.64. The highest BCUT2D eigenvalue weighted by atomic mass is 19.4. The van der Waals surface area contributed by atoms with Crippen LogP contribution in [0.3, 0.4) is 0 Å². The van der Waals surface area contributed by atoms with Gasteiger partial charge in [0.15, 0.2) is 0 Å². The Morgan fingerprint density at radius 2 is 2.12 bits per heavy atom. The molecule has 3 aromatic rings. The molecule has 0 bridgehead atoms. The van der Waals surface area contributed by atoms with Gasteiger partial charge in [0.2, 0.25) is 0 Å². The average molecular weight is 442 g/mol. The Hall–Kier alpha value is -3.07. The molecular weight excluding hydrogens is 421 g/mol. The van der Waals surface area contributed by atoms with Gasteiger partial charge < -0.3 is 0 Å². The second-order valence-electron chi connectivity index (χ2n) is 8.34. The Labute approximate surface area is 182 Å². The Morgan fingerprint density at radius 1 is 1.28 bits per heavy atom. The van der Waals surface area contributed by atoms with Crippen LogP contribution in [-0.4, -0.2) is 57.0 Å². The van der Waals surface area contributed by atoms with Gasteiger partial charge in [-0.15, -0.1) is 0 Å². The standard InChI is InChI=1S/C21H21F3N8/c22-21(23,24)13-31-11-20(12-31,5-6-25)32-9-4-16(30-32)19-14-2-1-7-26-17(14)10-18(28-19)15-3-8-27-29-15/h1-2,4,7,9-10,15,27,29H,3,5,8,11-13H2. The molecule has 32 heavy (non-hydrogen) atoms. The number of nitrogens with one attached hydrogen (secondary N) is 2. The number of alkyl halides is 3. The van der Waals surface area contributed by atoms with Crippen molar-refractivity contribution in [1.29, 1.82) is 5.26 Å². The lowest BCUT2D eigenvalue weighted by atomic mass is 9.87. The van der Waals surface area contributed by atoms with Gasteiger partial charge in [0.1, 0.15) is 16.9 Å². The maximum atomic E-state index is 12.8. The van der Waals surface area contributed by atoms with Gasteiger partial charge in [-0.05, 0) is 30.7 Å². The molecule has 3 aromatic heterocycles. The number of nitriles is 1. The normalized spacial score (nSPS) is 20.9. The summed E-state index contributed by atoms with van der Waals surface area (Å²) in [7, 11) is 0. The van der Waals surface area contributed by atoms with E-state index in [0.717, 1.165) is 29.6 Å². The predicted molar refractivity (Wildman–Crippen MR) is 110 cm³/mol. The average Bonchev–Trinajstić information content (AvgIpc) is 3.43. The van der Waals surface area contributed by atoms with Gasteiger partial charge in [-0.1, -0.05) is 0 Å². The third kappa shape index (κ3) is 3.81. The molecule has 0 spiro atoms. The maximum Gasteiger partial charge on any atom is 0.401 e. The first kappa shape index (κ1) is 20.8. The Bertz CT molecular complexity index is 1170. The van der Waals surface area contributed by atoms with E-state index in [0.29, 0.717) is 11.4 Å². The molecule has 11 heteroatoms. The van der Waals surface area contributed by atoms with Gasteiger partial charge >= 0.3 is 6.18 Å². The SMILES string of the molecule is N#CCC1(n2ccc(-c3nc(C4CCNN4)cc4ncccc34)n2)CN(CC(F)(F)F)C1. The van der Waals surface area contributed by atoms with E-state index in [2.05, 4.69) is 27.0 Å². The predicted octanol–water partition coefficient (Wildman–Crippen LogP) is 2.52. The molecule has 0 amide bonds. The van der Waals surface area contributed by atoms with E-state index in [9.17, 15) is 18.4 Å². The molecule has 5 rings (SSSR count). The summed E-state index contributed by atoms with van der Waals surface area (Å²) in [6, 6.07) is 9.67. The molecule has 0 saturated carbocycles. The molecule has 1 atom stereocenters. The fraction of sp³-hybridized carbons (Fsp3) is 0.429. The number of hydrogen-bond donors (Lipinski definition) is 2. The number of aromatic nitrogens is 4. The molecule has 166 valence electrons. The molecule has 1 unspecified atom stereocenters. The fourth-order valence-corrected chi connectivity index (χ4v) is 4.52. The molecule has 5 heterocycles. The first-order valence-corrected chi connectivity index (χ1v) is 10.3. The van der Waals surface area contributed by atoms with Crippen LogP contribution < -0.4 is 10.9 Å². The van der Waals surface area contributed by atoms with Crippen molar-refractivity contribution in [3.63, 3.8) is 0 Å². The minimum Gasteiger partial charge on any atom is -0.290 e. The minimum absolute atomic E-state index is 0.0507. The molecule has 8 nitrogen and oxygen atoms in total. The van der Waals surface area contributed by atoms with E-state index < -0.39 is 18.3 Å². The zero-order valence-electron chi connectivity index (χ0n) is 17.1. The van der Waals surface area contributed by atoms with Crippen LogP contribution in [-0.2, 0) is 5.54 Å². The number of nitrogens with zero attached hydrogens (tertiary/aromatic N) is 6. The minimum atomic E-state index is -4.27. The number of pyridine rings is 2. The van der Waals surface area contributed by atoms with Crippen molar-refractivity contribution >= 4 is 10.9 Å². The third-order valence-corrected chi connectivity index (χ3v) is 5.98. The lowest BCUT2D eigenvalue weighted by Gasteiger charge is -2.49. The first-order chi connectivity index (χ1) is 15.4. The van der Waals surface area contributed by atoms with Crippen molar-refractivity contribution < 1.29 is 13.2 Å². The summed E-state index contributed by atoms with van der Waals surface area (Å²) in [5, 5.41) is 14.8. The second kappa shape index (κ2) is 7.81. The quantitative estimate of drug-likeness (QED) is 0.627. The van der Waals surface area contributed by atoms with Crippen LogP contribution in [0.4, 0.5) is 13.2 Å². The summed E-state index contributed by atoms with van der Waals surface area (Å²) >= 11 is 0. The molecule has 2 saturated heterocycles. The van der Waals surface area contributed by atoms with E-state index >= 15 is 0 Å². The van der Waals surface area contributed by atoms with Crippen molar-refractivity contribution in [2.75, 3.05) is 26.2 Å². The van der Waals surface area contributed by atoms with Crippen molar-refractivity contribution in [2.45, 2.75) is 30.6 Å². The van der Waals surface area contributed by atoms with Crippen LogP contribution in [0, 0.1) is 11.3 Å². The fourth-order valence-electron chi connectivity index (χ4n) is 4.52. The number of halogens is 3. The summed E-state index contributed by atoms with van der Waals surface area (Å²) in [6.45, 7) is 0.0849. The van der Waals surface area contributed by atoms with E-state index in [1.165, 1.54) is 4.90 Å². The zero-order valence-corrected chi connectivity index (χ0v) is 17.1. The molecule has 0 aliphatic carbocycles.